The van der Waals surface area contributed by atoms with E-state index in [-0.39, 0.29) is 36.9 Å². The van der Waals surface area contributed by atoms with Crippen LogP contribution in [-0.4, -0.2) is 49.4 Å². The molecular weight excluding hydrogens is 502 g/mol. The Hall–Kier alpha value is -3.67. The number of benzene rings is 3. The molecule has 214 valence electrons. The number of amides is 1. The molecule has 0 unspecified atom stereocenters. The van der Waals surface area contributed by atoms with Crippen molar-refractivity contribution in [2.75, 3.05) is 26.8 Å². The fraction of sp³-hybridized carbons (Fsp3) is 0.441. The van der Waals surface area contributed by atoms with E-state index in [0.29, 0.717) is 5.56 Å². The van der Waals surface area contributed by atoms with Crippen LogP contribution in [0.15, 0.2) is 54.6 Å². The molecule has 6 nitrogen and oxygen atoms in total. The van der Waals surface area contributed by atoms with E-state index in [2.05, 4.69) is 44.2 Å². The van der Waals surface area contributed by atoms with Gasteiger partial charge < -0.3 is 14.4 Å². The van der Waals surface area contributed by atoms with E-state index >= 15 is 0 Å². The molecule has 3 aromatic rings. The molecule has 3 rings (SSSR count). The Balaban J connectivity index is 1.89. The first-order valence-corrected chi connectivity index (χ1v) is 14.1. The topological polar surface area (TPSA) is 72.9 Å². The second-order valence-corrected chi connectivity index (χ2v) is 11.5. The quantitative estimate of drug-likeness (QED) is 0.246. The third kappa shape index (κ3) is 6.72. The molecule has 0 heterocycles. The Kier molecular flexibility index (Phi) is 9.78. The average Bonchev–Trinajstić information content (AvgIpc) is 2.92. The fourth-order valence-corrected chi connectivity index (χ4v) is 5.07. The van der Waals surface area contributed by atoms with Crippen molar-refractivity contribution >= 4 is 28.4 Å². The molecule has 0 fully saturated rings. The summed E-state index contributed by atoms with van der Waals surface area (Å²) in [7, 11) is 1.60. The molecule has 0 radical (unpaired) electrons. The molecule has 0 spiro atoms. The third-order valence-electron chi connectivity index (χ3n) is 7.79. The van der Waals surface area contributed by atoms with Gasteiger partial charge in [-0.1, -0.05) is 71.0 Å². The van der Waals surface area contributed by atoms with Gasteiger partial charge in [-0.15, -0.1) is 0 Å². The standard InChI is InChI=1S/C34H43NO5/c1-9-34(10-2,27-16-17-29(23(4)18-27)40-22-30(36)33(5,6)7)28-15-14-24-19-26(13-12-25(24)20-28)32(38)35(8)21-31(37)39-11-3/h12-20H,9-11,21-22H2,1-8H3. The van der Waals surface area contributed by atoms with Crippen molar-refractivity contribution in [3.8, 4) is 5.75 Å². The Bertz CT molecular complexity index is 1380. The summed E-state index contributed by atoms with van der Waals surface area (Å²) in [4.78, 5) is 38.4. The van der Waals surface area contributed by atoms with Crippen LogP contribution in [0.1, 0.15) is 81.4 Å². The van der Waals surface area contributed by atoms with Gasteiger partial charge in [0.1, 0.15) is 18.9 Å². The van der Waals surface area contributed by atoms with Crippen molar-refractivity contribution in [2.45, 2.75) is 66.7 Å². The number of ether oxygens (including phenoxy) is 2. The molecular formula is C34H43NO5. The highest BCUT2D eigenvalue weighted by Gasteiger charge is 2.31. The number of fused-ring (bicyclic) bond motifs is 1. The summed E-state index contributed by atoms with van der Waals surface area (Å²) in [6, 6.07) is 18.3. The Morgan fingerprint density at radius 1 is 0.825 bits per heavy atom. The van der Waals surface area contributed by atoms with Crippen molar-refractivity contribution in [1.82, 2.24) is 4.90 Å². The minimum atomic E-state index is -0.434. The fourth-order valence-electron chi connectivity index (χ4n) is 5.07. The summed E-state index contributed by atoms with van der Waals surface area (Å²) < 4.78 is 10.9. The maximum absolute atomic E-state index is 12.9. The lowest BCUT2D eigenvalue weighted by molar-refractivity contribution is -0.143. The predicted octanol–water partition coefficient (Wildman–Crippen LogP) is 6.88. The van der Waals surface area contributed by atoms with Crippen LogP contribution in [0.5, 0.6) is 5.75 Å². The van der Waals surface area contributed by atoms with Gasteiger partial charge >= 0.3 is 5.97 Å². The van der Waals surface area contributed by atoms with Gasteiger partial charge in [0.25, 0.3) is 5.91 Å². The minimum absolute atomic E-state index is 0.0597. The zero-order valence-corrected chi connectivity index (χ0v) is 25.2. The molecule has 0 aliphatic carbocycles. The van der Waals surface area contributed by atoms with E-state index in [1.807, 2.05) is 52.0 Å². The summed E-state index contributed by atoms with van der Waals surface area (Å²) in [5, 5.41) is 2.01. The van der Waals surface area contributed by atoms with Crippen LogP contribution >= 0.6 is 0 Å². The maximum atomic E-state index is 12.9. The van der Waals surface area contributed by atoms with E-state index in [1.165, 1.54) is 16.0 Å². The highest BCUT2D eigenvalue weighted by atomic mass is 16.5. The second kappa shape index (κ2) is 12.7. The molecule has 0 aromatic heterocycles. The maximum Gasteiger partial charge on any atom is 0.325 e. The smallest absolute Gasteiger partial charge is 0.325 e. The molecule has 40 heavy (non-hydrogen) atoms. The van der Waals surface area contributed by atoms with Gasteiger partial charge in [-0.05, 0) is 72.4 Å². The van der Waals surface area contributed by atoms with Crippen LogP contribution in [0.3, 0.4) is 0 Å². The first-order chi connectivity index (χ1) is 18.9. The number of ketones is 1. The second-order valence-electron chi connectivity index (χ2n) is 11.5. The number of nitrogens with zero attached hydrogens (tertiary/aromatic N) is 1. The lowest BCUT2D eigenvalue weighted by Gasteiger charge is -2.34. The Labute approximate surface area is 238 Å². The first kappa shape index (κ1) is 30.9. The number of carbonyl (C=O) groups is 3. The van der Waals surface area contributed by atoms with Crippen molar-refractivity contribution in [2.24, 2.45) is 5.41 Å². The van der Waals surface area contributed by atoms with Gasteiger partial charge in [0.15, 0.2) is 5.78 Å². The summed E-state index contributed by atoms with van der Waals surface area (Å²) in [6.07, 6.45) is 1.82. The van der Waals surface area contributed by atoms with E-state index in [9.17, 15) is 14.4 Å². The number of aryl methyl sites for hydroxylation is 1. The van der Waals surface area contributed by atoms with Crippen LogP contribution in [-0.2, 0) is 19.7 Å². The van der Waals surface area contributed by atoms with Crippen LogP contribution in [0.25, 0.3) is 10.8 Å². The molecule has 0 atom stereocenters. The van der Waals surface area contributed by atoms with Crippen LogP contribution < -0.4 is 4.74 Å². The monoisotopic (exact) mass is 545 g/mol. The van der Waals surface area contributed by atoms with Gasteiger partial charge in [0.05, 0.1) is 6.61 Å². The summed E-state index contributed by atoms with van der Waals surface area (Å²) in [5.41, 5.74) is 3.31. The van der Waals surface area contributed by atoms with E-state index in [4.69, 9.17) is 9.47 Å². The summed E-state index contributed by atoms with van der Waals surface area (Å²) in [5.74, 6) is 0.148. The molecule has 0 saturated heterocycles. The number of likely N-dealkylation sites (N-methyl/N-ethyl adjacent to an activating group) is 1. The number of hydrogen-bond acceptors (Lipinski definition) is 5. The number of carbonyl (C=O) groups excluding carboxylic acids is 3. The molecule has 0 saturated carbocycles. The van der Waals surface area contributed by atoms with Crippen molar-refractivity contribution in [1.29, 1.82) is 0 Å². The van der Waals surface area contributed by atoms with Crippen molar-refractivity contribution < 1.29 is 23.9 Å². The van der Waals surface area contributed by atoms with Crippen LogP contribution in [0, 0.1) is 12.3 Å². The summed E-state index contributed by atoms with van der Waals surface area (Å²) in [6.45, 7) is 14.1. The van der Waals surface area contributed by atoms with Gasteiger partial charge in [-0.25, -0.2) is 0 Å². The molecule has 1 amide bonds. The highest BCUT2D eigenvalue weighted by Crippen LogP contribution is 2.41. The lowest BCUT2D eigenvalue weighted by Crippen LogP contribution is -2.33. The Morgan fingerprint density at radius 2 is 1.43 bits per heavy atom. The average molecular weight is 546 g/mol. The first-order valence-electron chi connectivity index (χ1n) is 14.1. The molecule has 0 N–H and O–H groups in total. The normalized spacial score (nSPS) is 11.8. The van der Waals surface area contributed by atoms with Gasteiger partial charge in [0.2, 0.25) is 0 Å². The van der Waals surface area contributed by atoms with E-state index in [1.54, 1.807) is 14.0 Å². The third-order valence-corrected chi connectivity index (χ3v) is 7.79. The number of Topliss-reactive ketones (excluding diaryl/α,β-unsaturated/α-hetero) is 1. The minimum Gasteiger partial charge on any atom is -0.486 e. The Morgan fingerprint density at radius 3 is 2.02 bits per heavy atom. The van der Waals surface area contributed by atoms with Crippen LogP contribution in [0.4, 0.5) is 0 Å². The van der Waals surface area contributed by atoms with Crippen molar-refractivity contribution in [3.63, 3.8) is 0 Å². The lowest BCUT2D eigenvalue weighted by atomic mass is 9.70. The largest absolute Gasteiger partial charge is 0.486 e. The molecule has 3 aromatic carbocycles. The van der Waals surface area contributed by atoms with E-state index in [0.717, 1.165) is 34.9 Å². The van der Waals surface area contributed by atoms with Gasteiger partial charge in [-0.2, -0.15) is 0 Å². The molecule has 0 aliphatic heterocycles. The predicted molar refractivity (Wildman–Crippen MR) is 160 cm³/mol. The number of hydrogen-bond donors (Lipinski definition) is 0. The van der Waals surface area contributed by atoms with E-state index < -0.39 is 11.4 Å². The SMILES string of the molecule is CCOC(=O)CN(C)C(=O)c1ccc2cc(C(CC)(CC)c3ccc(OCC(=O)C(C)(C)C)c(C)c3)ccc2c1. The molecule has 0 aliphatic rings. The number of esters is 1. The molecule has 6 heteroatoms. The molecule has 0 bridgehead atoms. The highest BCUT2D eigenvalue weighted by molar-refractivity contribution is 5.99. The van der Waals surface area contributed by atoms with Gasteiger partial charge in [0, 0.05) is 23.4 Å². The number of rotatable bonds is 11. The van der Waals surface area contributed by atoms with Gasteiger partial charge in [-0.3, -0.25) is 14.4 Å². The van der Waals surface area contributed by atoms with Crippen LogP contribution in [0.2, 0.25) is 0 Å². The summed E-state index contributed by atoms with van der Waals surface area (Å²) >= 11 is 0. The zero-order chi connectivity index (χ0) is 29.7. The zero-order valence-electron chi connectivity index (χ0n) is 25.2. The van der Waals surface area contributed by atoms with Crippen molar-refractivity contribution in [3.05, 3.63) is 76.9 Å².